The number of nitrogens with zero attached hydrogens (tertiary/aromatic N) is 1. The molecule has 96 valence electrons. The zero-order valence-electron chi connectivity index (χ0n) is 9.88. The molecule has 2 rings (SSSR count). The Labute approximate surface area is 104 Å². The summed E-state index contributed by atoms with van der Waals surface area (Å²) >= 11 is 0. The SMILES string of the molecule is COc1ccc(N2CCOCC2=O)cc1C(=O)O. The normalized spacial score (nSPS) is 15.6. The van der Waals surface area contributed by atoms with Gasteiger partial charge in [0.15, 0.2) is 0 Å². The van der Waals surface area contributed by atoms with E-state index in [0.717, 1.165) is 0 Å². The molecule has 6 heteroatoms. The molecule has 1 aliphatic heterocycles. The number of carboxylic acids is 1. The number of benzene rings is 1. The first-order valence-electron chi connectivity index (χ1n) is 5.43. The molecule has 0 spiro atoms. The second-order valence-corrected chi connectivity index (χ2v) is 3.79. The van der Waals surface area contributed by atoms with Crippen molar-refractivity contribution in [2.75, 3.05) is 31.8 Å². The first-order valence-corrected chi connectivity index (χ1v) is 5.43. The average Bonchev–Trinajstić information content (AvgIpc) is 2.38. The molecule has 1 amide bonds. The molecule has 0 unspecified atom stereocenters. The van der Waals surface area contributed by atoms with E-state index in [1.807, 2.05) is 0 Å². The topological polar surface area (TPSA) is 76.1 Å². The molecule has 18 heavy (non-hydrogen) atoms. The van der Waals surface area contributed by atoms with Gasteiger partial charge in [0.25, 0.3) is 5.91 Å². The first kappa shape index (κ1) is 12.4. The Kier molecular flexibility index (Phi) is 3.47. The van der Waals surface area contributed by atoms with E-state index < -0.39 is 5.97 Å². The van der Waals surface area contributed by atoms with Crippen LogP contribution in [0.4, 0.5) is 5.69 Å². The lowest BCUT2D eigenvalue weighted by atomic mass is 10.1. The van der Waals surface area contributed by atoms with Gasteiger partial charge in [-0.1, -0.05) is 0 Å². The molecule has 1 saturated heterocycles. The smallest absolute Gasteiger partial charge is 0.339 e. The predicted octanol–water partition coefficient (Wildman–Crippen LogP) is 0.757. The second kappa shape index (κ2) is 5.05. The van der Waals surface area contributed by atoms with E-state index in [-0.39, 0.29) is 23.8 Å². The number of ether oxygens (including phenoxy) is 2. The van der Waals surface area contributed by atoms with Crippen molar-refractivity contribution in [1.29, 1.82) is 0 Å². The number of morpholine rings is 1. The number of carbonyl (C=O) groups excluding carboxylic acids is 1. The van der Waals surface area contributed by atoms with E-state index in [0.29, 0.717) is 18.8 Å². The number of anilines is 1. The molecule has 0 radical (unpaired) electrons. The highest BCUT2D eigenvalue weighted by atomic mass is 16.5. The maximum Gasteiger partial charge on any atom is 0.339 e. The van der Waals surface area contributed by atoms with Crippen LogP contribution < -0.4 is 9.64 Å². The molecule has 0 aromatic heterocycles. The van der Waals surface area contributed by atoms with Crippen LogP contribution >= 0.6 is 0 Å². The summed E-state index contributed by atoms with van der Waals surface area (Å²) in [5.74, 6) is -0.996. The third-order valence-electron chi connectivity index (χ3n) is 2.71. The van der Waals surface area contributed by atoms with Crippen LogP contribution in [0, 0.1) is 0 Å². The molecule has 0 atom stereocenters. The van der Waals surface area contributed by atoms with E-state index in [2.05, 4.69) is 0 Å². The number of methoxy groups -OCH3 is 1. The van der Waals surface area contributed by atoms with E-state index in [9.17, 15) is 9.59 Å². The van der Waals surface area contributed by atoms with Crippen molar-refractivity contribution in [3.63, 3.8) is 0 Å². The van der Waals surface area contributed by atoms with Crippen LogP contribution in [0.5, 0.6) is 5.75 Å². The Morgan fingerprint density at radius 2 is 2.28 bits per heavy atom. The lowest BCUT2D eigenvalue weighted by Gasteiger charge is -2.27. The number of carbonyl (C=O) groups is 2. The summed E-state index contributed by atoms with van der Waals surface area (Å²) in [4.78, 5) is 24.3. The summed E-state index contributed by atoms with van der Waals surface area (Å²) in [6.07, 6.45) is 0. The molecule has 1 heterocycles. The van der Waals surface area contributed by atoms with Gasteiger partial charge in [-0.15, -0.1) is 0 Å². The van der Waals surface area contributed by atoms with Crippen molar-refractivity contribution in [1.82, 2.24) is 0 Å². The largest absolute Gasteiger partial charge is 0.496 e. The Balaban J connectivity index is 2.36. The van der Waals surface area contributed by atoms with Crippen LogP contribution in [0.3, 0.4) is 0 Å². The minimum atomic E-state index is -1.09. The van der Waals surface area contributed by atoms with Crippen LogP contribution in [-0.2, 0) is 9.53 Å². The molecule has 0 bridgehead atoms. The standard InChI is InChI=1S/C12H13NO5/c1-17-10-3-2-8(6-9(10)12(15)16)13-4-5-18-7-11(13)14/h2-3,6H,4-5,7H2,1H3,(H,15,16). The highest BCUT2D eigenvalue weighted by molar-refractivity contribution is 5.97. The third-order valence-corrected chi connectivity index (χ3v) is 2.71. The summed E-state index contributed by atoms with van der Waals surface area (Å²) in [5, 5.41) is 9.08. The Hall–Kier alpha value is -2.08. The van der Waals surface area contributed by atoms with Gasteiger partial charge in [-0.05, 0) is 18.2 Å². The monoisotopic (exact) mass is 251 g/mol. The number of aromatic carboxylic acids is 1. The van der Waals surface area contributed by atoms with Crippen molar-refractivity contribution in [2.45, 2.75) is 0 Å². The van der Waals surface area contributed by atoms with Crippen molar-refractivity contribution >= 4 is 17.6 Å². The summed E-state index contributed by atoms with van der Waals surface area (Å²) in [6, 6.07) is 4.64. The molecule has 1 aliphatic rings. The maximum absolute atomic E-state index is 11.7. The first-order chi connectivity index (χ1) is 8.63. The van der Waals surface area contributed by atoms with Crippen molar-refractivity contribution in [3.05, 3.63) is 23.8 Å². The van der Waals surface area contributed by atoms with Crippen LogP contribution in [0.2, 0.25) is 0 Å². The number of amides is 1. The number of hydrogen-bond donors (Lipinski definition) is 1. The van der Waals surface area contributed by atoms with Crippen LogP contribution in [0.1, 0.15) is 10.4 Å². The van der Waals surface area contributed by atoms with E-state index >= 15 is 0 Å². The Morgan fingerprint density at radius 3 is 2.89 bits per heavy atom. The van der Waals surface area contributed by atoms with Gasteiger partial charge in [0.05, 0.1) is 13.7 Å². The second-order valence-electron chi connectivity index (χ2n) is 3.79. The van der Waals surface area contributed by atoms with Crippen molar-refractivity contribution in [3.8, 4) is 5.75 Å². The molecule has 1 aromatic rings. The van der Waals surface area contributed by atoms with E-state index in [4.69, 9.17) is 14.6 Å². The zero-order chi connectivity index (χ0) is 13.1. The molecular weight excluding hydrogens is 238 g/mol. The summed E-state index contributed by atoms with van der Waals surface area (Å²) in [6.45, 7) is 0.888. The summed E-state index contributed by atoms with van der Waals surface area (Å²) in [5.41, 5.74) is 0.579. The number of rotatable bonds is 3. The fourth-order valence-corrected chi connectivity index (χ4v) is 1.82. The van der Waals surface area contributed by atoms with Gasteiger partial charge in [-0.25, -0.2) is 4.79 Å². The lowest BCUT2D eigenvalue weighted by molar-refractivity contribution is -0.125. The van der Waals surface area contributed by atoms with Gasteiger partial charge in [0.1, 0.15) is 17.9 Å². The molecule has 1 aromatic carbocycles. The van der Waals surface area contributed by atoms with Gasteiger partial charge >= 0.3 is 5.97 Å². The van der Waals surface area contributed by atoms with Crippen molar-refractivity contribution < 1.29 is 24.2 Å². The molecule has 0 aliphatic carbocycles. The highest BCUT2D eigenvalue weighted by Crippen LogP contribution is 2.25. The molecule has 6 nitrogen and oxygen atoms in total. The van der Waals surface area contributed by atoms with Gasteiger partial charge < -0.3 is 19.5 Å². The van der Waals surface area contributed by atoms with Gasteiger partial charge in [-0.2, -0.15) is 0 Å². The fraction of sp³-hybridized carbons (Fsp3) is 0.333. The summed E-state index contributed by atoms with van der Waals surface area (Å²) in [7, 11) is 1.40. The van der Waals surface area contributed by atoms with E-state index in [1.54, 1.807) is 12.1 Å². The van der Waals surface area contributed by atoms with Crippen molar-refractivity contribution in [2.24, 2.45) is 0 Å². The van der Waals surface area contributed by atoms with Gasteiger partial charge in [0.2, 0.25) is 0 Å². The third kappa shape index (κ3) is 2.28. The average molecular weight is 251 g/mol. The van der Waals surface area contributed by atoms with Gasteiger partial charge in [-0.3, -0.25) is 4.79 Å². The van der Waals surface area contributed by atoms with Crippen LogP contribution in [0.15, 0.2) is 18.2 Å². The van der Waals surface area contributed by atoms with Crippen LogP contribution in [-0.4, -0.2) is 43.9 Å². The molecule has 0 saturated carbocycles. The fourth-order valence-electron chi connectivity index (χ4n) is 1.82. The zero-order valence-corrected chi connectivity index (χ0v) is 9.88. The van der Waals surface area contributed by atoms with Gasteiger partial charge in [0, 0.05) is 12.2 Å². The van der Waals surface area contributed by atoms with Crippen LogP contribution in [0.25, 0.3) is 0 Å². The molecule has 1 fully saturated rings. The maximum atomic E-state index is 11.7. The minimum Gasteiger partial charge on any atom is -0.496 e. The predicted molar refractivity (Wildman–Crippen MR) is 63.1 cm³/mol. The summed E-state index contributed by atoms with van der Waals surface area (Å²) < 4.78 is 9.99. The molecule has 1 N–H and O–H groups in total. The lowest BCUT2D eigenvalue weighted by Crippen LogP contribution is -2.41. The Bertz CT molecular complexity index is 485. The number of hydrogen-bond acceptors (Lipinski definition) is 4. The highest BCUT2D eigenvalue weighted by Gasteiger charge is 2.22. The number of carboxylic acid groups (broad SMARTS) is 1. The minimum absolute atomic E-state index is 0.0223. The Morgan fingerprint density at radius 1 is 1.50 bits per heavy atom. The molecular formula is C12H13NO5. The van der Waals surface area contributed by atoms with E-state index in [1.165, 1.54) is 18.1 Å². The quantitative estimate of drug-likeness (QED) is 0.858.